The van der Waals surface area contributed by atoms with Crippen molar-refractivity contribution >= 4 is 57.6 Å². The molecule has 0 fully saturated rings. The average molecular weight is 382 g/mol. The maximum Gasteiger partial charge on any atom is 0.178 e. The molecular weight excluding hydrogens is 370 g/mol. The molecule has 0 bridgehead atoms. The number of imidazole rings is 1. The summed E-state index contributed by atoms with van der Waals surface area (Å²) in [6, 6.07) is 3.34. The lowest BCUT2D eigenvalue weighted by molar-refractivity contribution is 0.620. The van der Waals surface area contributed by atoms with Gasteiger partial charge in [-0.05, 0) is 47.1 Å². The number of aromatic nitrogens is 2. The maximum absolute atomic E-state index is 13.6. The summed E-state index contributed by atoms with van der Waals surface area (Å²) in [6.07, 6.45) is 2.06. The number of hydrogen-bond acceptors (Lipinski definition) is 2. The Morgan fingerprint density at radius 3 is 2.94 bits per heavy atom. The SMILES string of the molecule is CSC(C)Cn1c(=S)[nH]c2cc(I)c(F)cc21. The molecule has 1 aromatic heterocycles. The number of rotatable bonds is 3. The van der Waals surface area contributed by atoms with E-state index in [2.05, 4.69) is 18.2 Å². The molecular formula is C11H12FIN2S2. The summed E-state index contributed by atoms with van der Waals surface area (Å²) in [4.78, 5) is 3.12. The number of hydrogen-bond donors (Lipinski definition) is 1. The van der Waals surface area contributed by atoms with Gasteiger partial charge in [0.15, 0.2) is 4.77 Å². The smallest absolute Gasteiger partial charge is 0.178 e. The Morgan fingerprint density at radius 2 is 2.29 bits per heavy atom. The van der Waals surface area contributed by atoms with Gasteiger partial charge in [0.05, 0.1) is 14.6 Å². The van der Waals surface area contributed by atoms with Gasteiger partial charge in [0.2, 0.25) is 0 Å². The fourth-order valence-corrected chi connectivity index (χ4v) is 2.71. The number of halogens is 2. The van der Waals surface area contributed by atoms with Crippen molar-refractivity contribution in [3.63, 3.8) is 0 Å². The minimum atomic E-state index is -0.197. The van der Waals surface area contributed by atoms with Crippen molar-refractivity contribution in [1.29, 1.82) is 0 Å². The molecule has 1 heterocycles. The third-order valence-corrected chi connectivity index (χ3v) is 4.76. The normalized spacial score (nSPS) is 13.2. The van der Waals surface area contributed by atoms with Crippen molar-refractivity contribution in [2.24, 2.45) is 0 Å². The fraction of sp³-hybridized carbons (Fsp3) is 0.364. The van der Waals surface area contributed by atoms with E-state index in [0.29, 0.717) is 13.6 Å². The number of nitrogens with one attached hydrogen (secondary N) is 1. The highest BCUT2D eigenvalue weighted by atomic mass is 127. The third kappa shape index (κ3) is 2.68. The van der Waals surface area contributed by atoms with Crippen molar-refractivity contribution in [1.82, 2.24) is 9.55 Å². The molecule has 0 radical (unpaired) electrons. The van der Waals surface area contributed by atoms with Crippen LogP contribution in [0.3, 0.4) is 0 Å². The van der Waals surface area contributed by atoms with Gasteiger partial charge in [-0.1, -0.05) is 6.92 Å². The van der Waals surface area contributed by atoms with Gasteiger partial charge < -0.3 is 9.55 Å². The molecule has 2 nitrogen and oxygen atoms in total. The Morgan fingerprint density at radius 1 is 1.59 bits per heavy atom. The molecule has 0 aliphatic heterocycles. The van der Waals surface area contributed by atoms with E-state index in [1.54, 1.807) is 23.9 Å². The molecule has 0 amide bonds. The van der Waals surface area contributed by atoms with E-state index in [4.69, 9.17) is 12.2 Å². The lowest BCUT2D eigenvalue weighted by atomic mass is 10.3. The average Bonchev–Trinajstić information content (AvgIpc) is 2.56. The van der Waals surface area contributed by atoms with Crippen molar-refractivity contribution in [3.8, 4) is 0 Å². The third-order valence-electron chi connectivity index (χ3n) is 2.66. The van der Waals surface area contributed by atoms with Crippen LogP contribution in [-0.2, 0) is 6.54 Å². The predicted octanol–water partition coefficient (Wildman–Crippen LogP) is 4.19. The highest BCUT2D eigenvalue weighted by Gasteiger charge is 2.10. The van der Waals surface area contributed by atoms with Gasteiger partial charge in [-0.25, -0.2) is 4.39 Å². The van der Waals surface area contributed by atoms with Crippen LogP contribution in [0.1, 0.15) is 6.92 Å². The second kappa shape index (κ2) is 5.27. The summed E-state index contributed by atoms with van der Waals surface area (Å²) in [5.41, 5.74) is 1.74. The van der Waals surface area contributed by atoms with Gasteiger partial charge in [-0.2, -0.15) is 11.8 Å². The van der Waals surface area contributed by atoms with Gasteiger partial charge >= 0.3 is 0 Å². The molecule has 2 aromatic rings. The van der Waals surface area contributed by atoms with Crippen LogP contribution in [0.5, 0.6) is 0 Å². The Balaban J connectivity index is 2.58. The van der Waals surface area contributed by atoms with E-state index < -0.39 is 0 Å². The number of thioether (sulfide) groups is 1. The molecule has 17 heavy (non-hydrogen) atoms. The van der Waals surface area contributed by atoms with Crippen LogP contribution in [0, 0.1) is 14.2 Å². The monoisotopic (exact) mass is 382 g/mol. The van der Waals surface area contributed by atoms with E-state index in [1.807, 2.05) is 27.2 Å². The van der Waals surface area contributed by atoms with Crippen LogP contribution >= 0.6 is 46.6 Å². The van der Waals surface area contributed by atoms with Crippen LogP contribution in [0.25, 0.3) is 11.0 Å². The first-order valence-electron chi connectivity index (χ1n) is 5.13. The first-order chi connectivity index (χ1) is 8.02. The zero-order valence-electron chi connectivity index (χ0n) is 9.46. The van der Waals surface area contributed by atoms with Crippen LogP contribution in [0.15, 0.2) is 12.1 Å². The number of aromatic amines is 1. The summed E-state index contributed by atoms with van der Waals surface area (Å²) >= 11 is 9.03. The number of nitrogens with zero attached hydrogens (tertiary/aromatic N) is 1. The van der Waals surface area contributed by atoms with E-state index in [-0.39, 0.29) is 5.82 Å². The molecule has 0 saturated carbocycles. The van der Waals surface area contributed by atoms with Crippen LogP contribution in [0.2, 0.25) is 0 Å². The van der Waals surface area contributed by atoms with Crippen molar-refractivity contribution < 1.29 is 4.39 Å². The Labute approximate surface area is 122 Å². The molecule has 0 spiro atoms. The summed E-state index contributed by atoms with van der Waals surface area (Å²) < 4.78 is 16.8. The maximum atomic E-state index is 13.6. The first-order valence-corrected chi connectivity index (χ1v) is 7.90. The van der Waals surface area contributed by atoms with Gasteiger partial charge in [-0.3, -0.25) is 0 Å². The minimum Gasteiger partial charge on any atom is -0.331 e. The van der Waals surface area contributed by atoms with Crippen LogP contribution in [-0.4, -0.2) is 21.1 Å². The summed E-state index contributed by atoms with van der Waals surface area (Å²) in [5.74, 6) is -0.197. The van der Waals surface area contributed by atoms with Crippen LogP contribution in [0.4, 0.5) is 4.39 Å². The molecule has 1 aromatic carbocycles. The Hall–Kier alpha value is -0.0800. The van der Waals surface area contributed by atoms with E-state index >= 15 is 0 Å². The second-order valence-corrected chi connectivity index (χ2v) is 6.70. The topological polar surface area (TPSA) is 20.7 Å². The molecule has 1 atom stereocenters. The number of benzene rings is 1. The zero-order valence-corrected chi connectivity index (χ0v) is 13.2. The molecule has 1 N–H and O–H groups in total. The largest absolute Gasteiger partial charge is 0.331 e. The minimum absolute atomic E-state index is 0.197. The molecule has 1 unspecified atom stereocenters. The van der Waals surface area contributed by atoms with Crippen molar-refractivity contribution in [3.05, 3.63) is 26.3 Å². The second-order valence-electron chi connectivity index (χ2n) is 3.87. The Kier molecular flexibility index (Phi) is 4.14. The van der Waals surface area contributed by atoms with E-state index in [0.717, 1.165) is 17.6 Å². The molecule has 0 aliphatic rings. The number of fused-ring (bicyclic) bond motifs is 1. The van der Waals surface area contributed by atoms with Gasteiger partial charge in [-0.15, -0.1) is 0 Å². The lowest BCUT2D eigenvalue weighted by Crippen LogP contribution is -2.08. The summed E-state index contributed by atoms with van der Waals surface area (Å²) in [5, 5.41) is 0.447. The van der Waals surface area contributed by atoms with Gasteiger partial charge in [0.25, 0.3) is 0 Å². The van der Waals surface area contributed by atoms with Crippen LogP contribution < -0.4 is 0 Å². The number of H-pyrrole nitrogens is 1. The van der Waals surface area contributed by atoms with E-state index in [9.17, 15) is 4.39 Å². The molecule has 2 rings (SSSR count). The predicted molar refractivity (Wildman–Crippen MR) is 82.8 cm³/mol. The molecule has 92 valence electrons. The quantitative estimate of drug-likeness (QED) is 0.635. The standard InChI is InChI=1S/C11H12FIN2S2/c1-6(17-2)5-15-10-3-7(12)8(13)4-9(10)14-11(15)16/h3-4,6H,5H2,1-2H3,(H,14,16). The fourth-order valence-electron chi connectivity index (χ4n) is 1.66. The summed E-state index contributed by atoms with van der Waals surface area (Å²) in [7, 11) is 0. The highest BCUT2D eigenvalue weighted by molar-refractivity contribution is 14.1. The molecule has 0 aliphatic carbocycles. The zero-order chi connectivity index (χ0) is 12.6. The highest BCUT2D eigenvalue weighted by Crippen LogP contribution is 2.22. The van der Waals surface area contributed by atoms with Gasteiger partial charge in [0, 0.05) is 17.9 Å². The molecule has 6 heteroatoms. The van der Waals surface area contributed by atoms with Gasteiger partial charge in [0.1, 0.15) is 5.82 Å². The lowest BCUT2D eigenvalue weighted by Gasteiger charge is -2.10. The van der Waals surface area contributed by atoms with Crippen molar-refractivity contribution in [2.45, 2.75) is 18.7 Å². The first kappa shape index (κ1) is 13.4. The Bertz CT molecular complexity index is 605. The van der Waals surface area contributed by atoms with E-state index in [1.165, 1.54) is 0 Å². The van der Waals surface area contributed by atoms with Crippen molar-refractivity contribution in [2.75, 3.05) is 6.26 Å². The molecule has 0 saturated heterocycles. The summed E-state index contributed by atoms with van der Waals surface area (Å²) in [6.45, 7) is 2.92.